The number of ether oxygens (including phenoxy) is 1. The summed E-state index contributed by atoms with van der Waals surface area (Å²) in [4.78, 5) is 7.63. The van der Waals surface area contributed by atoms with Gasteiger partial charge in [0.1, 0.15) is 0 Å². The molecule has 0 saturated carbocycles. The number of benzene rings is 1. The predicted molar refractivity (Wildman–Crippen MR) is 70.2 cm³/mol. The molecule has 17 heavy (non-hydrogen) atoms. The molecule has 0 bridgehead atoms. The van der Waals surface area contributed by atoms with Gasteiger partial charge in [-0.2, -0.15) is 0 Å². The summed E-state index contributed by atoms with van der Waals surface area (Å²) >= 11 is 0. The number of H-pyrrole nitrogens is 1. The molecule has 4 heteroatoms. The molecule has 1 aromatic heterocycles. The Kier molecular flexibility index (Phi) is 3.77. The highest BCUT2D eigenvalue weighted by molar-refractivity contribution is 5.77. The molecular weight excluding hydrogens is 214 g/mol. The Labute approximate surface area is 101 Å². The molecule has 0 amide bonds. The molecule has 0 aliphatic carbocycles. The molecule has 1 heterocycles. The lowest BCUT2D eigenvalue weighted by Gasteiger charge is -2.11. The highest BCUT2D eigenvalue weighted by Crippen LogP contribution is 2.13. The molecule has 2 aromatic rings. The number of nitrogens with one attached hydrogen (secondary N) is 2. The number of anilines is 1. The van der Waals surface area contributed by atoms with E-state index in [0.717, 1.165) is 17.0 Å². The number of para-hydroxylation sites is 2. The highest BCUT2D eigenvalue weighted by Gasteiger charge is 2.04. The van der Waals surface area contributed by atoms with Gasteiger partial charge in [-0.25, -0.2) is 4.98 Å². The first-order valence-corrected chi connectivity index (χ1v) is 5.70. The molecule has 0 aliphatic heterocycles. The number of nitrogens with zero attached hydrogens (tertiary/aromatic N) is 1. The van der Waals surface area contributed by atoms with E-state index in [1.54, 1.807) is 6.08 Å². The van der Waals surface area contributed by atoms with Gasteiger partial charge in [0.2, 0.25) is 5.95 Å². The molecule has 0 fully saturated rings. The summed E-state index contributed by atoms with van der Waals surface area (Å²) < 4.78 is 5.46. The topological polar surface area (TPSA) is 49.9 Å². The van der Waals surface area contributed by atoms with E-state index in [2.05, 4.69) is 21.9 Å². The van der Waals surface area contributed by atoms with Gasteiger partial charge in [0.25, 0.3) is 0 Å². The van der Waals surface area contributed by atoms with E-state index in [-0.39, 0.29) is 6.10 Å². The molecular formula is C13H17N3O. The number of fused-ring (bicyclic) bond motifs is 1. The normalized spacial score (nSPS) is 12.5. The van der Waals surface area contributed by atoms with E-state index < -0.39 is 0 Å². The average Bonchev–Trinajstić information content (AvgIpc) is 2.76. The van der Waals surface area contributed by atoms with Gasteiger partial charge >= 0.3 is 0 Å². The molecule has 1 unspecified atom stereocenters. The Bertz CT molecular complexity index is 459. The maximum absolute atomic E-state index is 5.46. The summed E-state index contributed by atoms with van der Waals surface area (Å²) in [5, 5.41) is 3.22. The summed E-state index contributed by atoms with van der Waals surface area (Å²) in [6.07, 6.45) is 1.87. The number of hydrogen-bond donors (Lipinski definition) is 2. The third-order valence-corrected chi connectivity index (χ3v) is 2.44. The van der Waals surface area contributed by atoms with Crippen LogP contribution in [0, 0.1) is 0 Å². The largest absolute Gasteiger partial charge is 0.373 e. The van der Waals surface area contributed by atoms with E-state index in [1.165, 1.54) is 0 Å². The van der Waals surface area contributed by atoms with Crippen LogP contribution in [0.3, 0.4) is 0 Å². The van der Waals surface area contributed by atoms with Crippen LogP contribution < -0.4 is 5.32 Å². The minimum Gasteiger partial charge on any atom is -0.373 e. The fourth-order valence-corrected chi connectivity index (χ4v) is 1.57. The van der Waals surface area contributed by atoms with Crippen molar-refractivity contribution in [3.05, 3.63) is 36.9 Å². The second-order valence-corrected chi connectivity index (χ2v) is 3.92. The lowest BCUT2D eigenvalue weighted by atomic mass is 10.3. The number of hydrogen-bond acceptors (Lipinski definition) is 3. The van der Waals surface area contributed by atoms with Crippen LogP contribution in [0.4, 0.5) is 5.95 Å². The third-order valence-electron chi connectivity index (χ3n) is 2.44. The van der Waals surface area contributed by atoms with Gasteiger partial charge in [0, 0.05) is 6.54 Å². The van der Waals surface area contributed by atoms with Crippen molar-refractivity contribution < 1.29 is 4.74 Å². The van der Waals surface area contributed by atoms with Crippen LogP contribution in [0.1, 0.15) is 6.92 Å². The standard InChI is InChI=1S/C13H17N3O/c1-3-8-17-10(2)9-14-13-15-11-6-4-5-7-12(11)16-13/h3-7,10H,1,8-9H2,2H3,(H2,14,15,16). The van der Waals surface area contributed by atoms with Crippen molar-refractivity contribution in [2.45, 2.75) is 13.0 Å². The lowest BCUT2D eigenvalue weighted by molar-refractivity contribution is 0.0979. The van der Waals surface area contributed by atoms with Crippen LogP contribution in [-0.4, -0.2) is 29.2 Å². The van der Waals surface area contributed by atoms with Gasteiger partial charge in [-0.3, -0.25) is 0 Å². The van der Waals surface area contributed by atoms with Crippen molar-refractivity contribution in [2.75, 3.05) is 18.5 Å². The molecule has 2 N–H and O–H groups in total. The second-order valence-electron chi connectivity index (χ2n) is 3.92. The lowest BCUT2D eigenvalue weighted by Crippen LogP contribution is -2.20. The molecule has 2 rings (SSSR count). The Morgan fingerprint density at radius 2 is 2.35 bits per heavy atom. The fourth-order valence-electron chi connectivity index (χ4n) is 1.57. The molecule has 1 atom stereocenters. The maximum Gasteiger partial charge on any atom is 0.201 e. The van der Waals surface area contributed by atoms with Gasteiger partial charge in [-0.05, 0) is 19.1 Å². The Morgan fingerprint density at radius 1 is 1.53 bits per heavy atom. The van der Waals surface area contributed by atoms with E-state index >= 15 is 0 Å². The van der Waals surface area contributed by atoms with Gasteiger partial charge in [0.15, 0.2) is 0 Å². The Hall–Kier alpha value is -1.81. The molecule has 90 valence electrons. The van der Waals surface area contributed by atoms with Crippen LogP contribution in [0.5, 0.6) is 0 Å². The maximum atomic E-state index is 5.46. The van der Waals surface area contributed by atoms with Crippen LogP contribution >= 0.6 is 0 Å². The minimum absolute atomic E-state index is 0.126. The summed E-state index contributed by atoms with van der Waals surface area (Å²) in [5.41, 5.74) is 2.00. The third kappa shape index (κ3) is 3.07. The van der Waals surface area contributed by atoms with Gasteiger partial charge in [-0.15, -0.1) is 6.58 Å². The summed E-state index contributed by atoms with van der Waals surface area (Å²) in [7, 11) is 0. The van der Waals surface area contributed by atoms with Crippen LogP contribution in [0.15, 0.2) is 36.9 Å². The number of rotatable bonds is 6. The van der Waals surface area contributed by atoms with Crippen molar-refractivity contribution in [1.29, 1.82) is 0 Å². The molecule has 4 nitrogen and oxygen atoms in total. The van der Waals surface area contributed by atoms with Crippen LogP contribution in [0.2, 0.25) is 0 Å². The highest BCUT2D eigenvalue weighted by atomic mass is 16.5. The van der Waals surface area contributed by atoms with Crippen LogP contribution in [0.25, 0.3) is 11.0 Å². The fraction of sp³-hybridized carbons (Fsp3) is 0.308. The zero-order valence-corrected chi connectivity index (χ0v) is 9.94. The Morgan fingerprint density at radius 3 is 3.12 bits per heavy atom. The molecule has 0 spiro atoms. The first kappa shape index (κ1) is 11.7. The number of aromatic amines is 1. The molecule has 0 radical (unpaired) electrons. The quantitative estimate of drug-likeness (QED) is 0.751. The summed E-state index contributed by atoms with van der Waals surface area (Å²) in [6, 6.07) is 7.95. The van der Waals surface area contributed by atoms with Crippen LogP contribution in [-0.2, 0) is 4.74 Å². The summed E-state index contributed by atoms with van der Waals surface area (Å²) in [5.74, 6) is 0.778. The van der Waals surface area contributed by atoms with Gasteiger partial charge in [0.05, 0.1) is 23.7 Å². The average molecular weight is 231 g/mol. The van der Waals surface area contributed by atoms with E-state index in [4.69, 9.17) is 4.74 Å². The van der Waals surface area contributed by atoms with Crippen molar-refractivity contribution in [1.82, 2.24) is 9.97 Å². The molecule has 0 saturated heterocycles. The number of aromatic nitrogens is 2. The molecule has 0 aliphatic rings. The van der Waals surface area contributed by atoms with Gasteiger partial charge in [-0.1, -0.05) is 18.2 Å². The SMILES string of the molecule is C=CCOC(C)CNc1nc2ccccc2[nH]1. The smallest absolute Gasteiger partial charge is 0.201 e. The van der Waals surface area contributed by atoms with E-state index in [0.29, 0.717) is 13.2 Å². The van der Waals surface area contributed by atoms with Crippen molar-refractivity contribution in [2.24, 2.45) is 0 Å². The number of imidazole rings is 1. The monoisotopic (exact) mass is 231 g/mol. The van der Waals surface area contributed by atoms with E-state index in [1.807, 2.05) is 31.2 Å². The first-order valence-electron chi connectivity index (χ1n) is 5.70. The van der Waals surface area contributed by atoms with Crippen molar-refractivity contribution in [3.63, 3.8) is 0 Å². The summed E-state index contributed by atoms with van der Waals surface area (Å²) in [6.45, 7) is 6.92. The zero-order valence-electron chi connectivity index (χ0n) is 9.94. The predicted octanol–water partition coefficient (Wildman–Crippen LogP) is 2.57. The second kappa shape index (κ2) is 5.50. The zero-order chi connectivity index (χ0) is 12.1. The van der Waals surface area contributed by atoms with Crippen molar-refractivity contribution >= 4 is 17.0 Å². The van der Waals surface area contributed by atoms with Gasteiger partial charge < -0.3 is 15.0 Å². The van der Waals surface area contributed by atoms with Crippen molar-refractivity contribution in [3.8, 4) is 0 Å². The Balaban J connectivity index is 1.92. The first-order chi connectivity index (χ1) is 8.29. The molecule has 1 aromatic carbocycles. The minimum atomic E-state index is 0.126. The van der Waals surface area contributed by atoms with E-state index in [9.17, 15) is 0 Å².